The van der Waals surface area contributed by atoms with Crippen molar-refractivity contribution < 1.29 is 37.3 Å². The van der Waals surface area contributed by atoms with Crippen molar-refractivity contribution in [3.63, 3.8) is 0 Å². The van der Waals surface area contributed by atoms with Crippen LogP contribution < -0.4 is 9.64 Å². The highest BCUT2D eigenvalue weighted by atomic mass is 35.5. The van der Waals surface area contributed by atoms with Crippen LogP contribution in [0, 0.1) is 23.2 Å². The third-order valence-corrected chi connectivity index (χ3v) is 8.55. The molecule has 0 saturated carbocycles. The van der Waals surface area contributed by atoms with E-state index in [1.54, 1.807) is 43.3 Å². The molecule has 3 aromatic rings. The van der Waals surface area contributed by atoms with Crippen LogP contribution in [0.25, 0.3) is 10.8 Å². The number of alkyl halides is 3. The number of pyridine rings is 1. The highest BCUT2D eigenvalue weighted by Gasteiger charge is 2.77. The van der Waals surface area contributed by atoms with E-state index in [-0.39, 0.29) is 30.4 Å². The molecular formula is C28H21ClF3N3O5. The zero-order valence-corrected chi connectivity index (χ0v) is 21.7. The van der Waals surface area contributed by atoms with Gasteiger partial charge >= 0.3 is 6.18 Å². The normalized spacial score (nSPS) is 29.2. The lowest BCUT2D eigenvalue weighted by atomic mass is 9.66. The Morgan fingerprint density at radius 3 is 2.58 bits per heavy atom. The Morgan fingerprint density at radius 1 is 1.20 bits per heavy atom. The maximum atomic E-state index is 14.0. The summed E-state index contributed by atoms with van der Waals surface area (Å²) < 4.78 is 50.7. The zero-order chi connectivity index (χ0) is 28.6. The fourth-order valence-electron chi connectivity index (χ4n) is 6.44. The fourth-order valence-corrected chi connectivity index (χ4v) is 6.67. The lowest BCUT2D eigenvalue weighted by Gasteiger charge is -2.33. The number of fused-ring (bicyclic) bond motifs is 6. The van der Waals surface area contributed by atoms with E-state index in [1.807, 2.05) is 0 Å². The first kappa shape index (κ1) is 26.5. The Morgan fingerprint density at radius 2 is 1.90 bits per heavy atom. The number of benzene rings is 2. The highest BCUT2D eigenvalue weighted by Crippen LogP contribution is 2.62. The molecule has 1 N–H and O–H groups in total. The Kier molecular flexibility index (Phi) is 5.89. The number of nitriles is 1. The predicted octanol–water partition coefficient (Wildman–Crippen LogP) is 4.65. The van der Waals surface area contributed by atoms with Gasteiger partial charge in [0.1, 0.15) is 10.6 Å². The molecule has 3 aliphatic rings. The van der Waals surface area contributed by atoms with Crippen LogP contribution in [0.4, 0.5) is 18.9 Å². The van der Waals surface area contributed by atoms with Crippen LogP contribution in [0.5, 0.6) is 5.88 Å². The molecule has 1 aromatic heterocycles. The van der Waals surface area contributed by atoms with Crippen molar-refractivity contribution in [1.82, 2.24) is 4.98 Å². The standard InChI is InChI=1S/C28H21ClF3N3O5/c1-26-20(36)11-27(40-26,8-9-39-23-18(29)10-15(13-34-23)28(30,31)32)22-21(26)24(37)35(25(22)38)19-7-6-14(12-33)16-4-2-3-5-17(16)19/h2-7,10,13,20-22,36H,8-9,11H2,1H3/t20-,21-,22+,26-,27+/m0/s1. The summed E-state index contributed by atoms with van der Waals surface area (Å²) in [6.07, 6.45) is -4.95. The topological polar surface area (TPSA) is 113 Å². The third kappa shape index (κ3) is 3.70. The van der Waals surface area contributed by atoms with Crippen LogP contribution in [0.3, 0.4) is 0 Å². The number of rotatable bonds is 5. The van der Waals surface area contributed by atoms with Crippen molar-refractivity contribution in [1.29, 1.82) is 5.26 Å². The van der Waals surface area contributed by atoms with E-state index < -0.39 is 52.7 Å². The summed E-state index contributed by atoms with van der Waals surface area (Å²) in [5.41, 5.74) is -2.89. The molecule has 40 heavy (non-hydrogen) atoms. The van der Waals surface area contributed by atoms with Crippen LogP contribution in [-0.2, 0) is 20.5 Å². The first-order valence-corrected chi connectivity index (χ1v) is 12.8. The first-order valence-electron chi connectivity index (χ1n) is 12.4. The SMILES string of the molecule is C[C@]12O[C@](CCOc3ncc(C(F)(F)F)cc3Cl)(C[C@@H]1O)[C@H]1C(=O)N(c3ccc(C#N)c4ccccc34)C(=O)[C@H]12. The lowest BCUT2D eigenvalue weighted by Crippen LogP contribution is -2.49. The molecule has 0 unspecified atom stereocenters. The van der Waals surface area contributed by atoms with Crippen molar-refractivity contribution in [2.45, 2.75) is 43.2 Å². The quantitative estimate of drug-likeness (QED) is 0.444. The molecule has 3 aliphatic heterocycles. The van der Waals surface area contributed by atoms with Gasteiger partial charge in [0.05, 0.1) is 53.0 Å². The van der Waals surface area contributed by atoms with Crippen molar-refractivity contribution >= 4 is 39.9 Å². The van der Waals surface area contributed by atoms with Gasteiger partial charge in [-0.2, -0.15) is 18.4 Å². The van der Waals surface area contributed by atoms with Gasteiger partial charge in [-0.1, -0.05) is 35.9 Å². The number of carbonyl (C=O) groups excluding carboxylic acids is 2. The maximum Gasteiger partial charge on any atom is 0.417 e. The molecule has 2 bridgehead atoms. The highest BCUT2D eigenvalue weighted by molar-refractivity contribution is 6.31. The van der Waals surface area contributed by atoms with Crippen LogP contribution in [-0.4, -0.2) is 45.8 Å². The molecule has 6 rings (SSSR count). The molecule has 4 heterocycles. The second-order valence-electron chi connectivity index (χ2n) is 10.4. The number of amides is 2. The van der Waals surface area contributed by atoms with Crippen molar-refractivity contribution in [3.8, 4) is 11.9 Å². The van der Waals surface area contributed by atoms with E-state index >= 15 is 0 Å². The van der Waals surface area contributed by atoms with Gasteiger partial charge in [0, 0.05) is 29.8 Å². The van der Waals surface area contributed by atoms with Gasteiger partial charge in [-0.15, -0.1) is 0 Å². The minimum Gasteiger partial charge on any atom is -0.476 e. The van der Waals surface area contributed by atoms with Crippen LogP contribution in [0.1, 0.15) is 30.9 Å². The number of nitrogens with zero attached hydrogens (tertiary/aromatic N) is 3. The monoisotopic (exact) mass is 571 g/mol. The summed E-state index contributed by atoms with van der Waals surface area (Å²) in [5.74, 6) is -3.12. The zero-order valence-electron chi connectivity index (χ0n) is 20.9. The largest absolute Gasteiger partial charge is 0.476 e. The van der Waals surface area contributed by atoms with E-state index in [1.165, 1.54) is 0 Å². The smallest absolute Gasteiger partial charge is 0.417 e. The molecule has 12 heteroatoms. The molecule has 206 valence electrons. The Balaban J connectivity index is 1.31. The second kappa shape index (κ2) is 8.89. The molecule has 5 atom stereocenters. The number of carbonyl (C=O) groups is 2. The summed E-state index contributed by atoms with van der Waals surface area (Å²) >= 11 is 5.96. The molecular weight excluding hydrogens is 551 g/mol. The van der Waals surface area contributed by atoms with Crippen LogP contribution in [0.2, 0.25) is 5.02 Å². The molecule has 0 aliphatic carbocycles. The van der Waals surface area contributed by atoms with Gasteiger partial charge in [0.25, 0.3) is 0 Å². The molecule has 3 saturated heterocycles. The van der Waals surface area contributed by atoms with E-state index in [2.05, 4.69) is 11.1 Å². The molecule has 3 fully saturated rings. The second-order valence-corrected chi connectivity index (χ2v) is 10.8. The van der Waals surface area contributed by atoms with Crippen molar-refractivity contribution in [2.75, 3.05) is 11.5 Å². The summed E-state index contributed by atoms with van der Waals surface area (Å²) in [7, 11) is 0. The van der Waals surface area contributed by atoms with E-state index in [9.17, 15) is 33.1 Å². The van der Waals surface area contributed by atoms with Crippen LogP contribution in [0.15, 0.2) is 48.7 Å². The minimum absolute atomic E-state index is 0.0425. The average molecular weight is 572 g/mol. The number of imide groups is 1. The number of aromatic nitrogens is 1. The summed E-state index contributed by atoms with van der Waals surface area (Å²) in [4.78, 5) is 32.6. The van der Waals surface area contributed by atoms with Crippen molar-refractivity contribution in [2.24, 2.45) is 11.8 Å². The van der Waals surface area contributed by atoms with E-state index in [0.717, 1.165) is 4.90 Å². The number of ether oxygens (including phenoxy) is 2. The Hall–Kier alpha value is -3.72. The average Bonchev–Trinajstić information content (AvgIpc) is 3.44. The summed E-state index contributed by atoms with van der Waals surface area (Å²) in [6.45, 7) is 1.45. The van der Waals surface area contributed by atoms with Gasteiger partial charge in [-0.25, -0.2) is 9.88 Å². The predicted molar refractivity (Wildman–Crippen MR) is 135 cm³/mol. The third-order valence-electron chi connectivity index (χ3n) is 8.28. The fraction of sp³-hybridized carbons (Fsp3) is 0.357. The van der Waals surface area contributed by atoms with Crippen LogP contribution >= 0.6 is 11.6 Å². The molecule has 2 amide bonds. The maximum absolute atomic E-state index is 14.0. The Bertz CT molecular complexity index is 1620. The van der Waals surface area contributed by atoms with Gasteiger partial charge in [0.2, 0.25) is 17.7 Å². The number of hydrogen-bond donors (Lipinski definition) is 1. The molecule has 2 aromatic carbocycles. The van der Waals surface area contributed by atoms with E-state index in [4.69, 9.17) is 21.1 Å². The Labute approximate surface area is 230 Å². The van der Waals surface area contributed by atoms with Gasteiger partial charge in [0.15, 0.2) is 0 Å². The number of aliphatic hydroxyl groups is 1. The summed E-state index contributed by atoms with van der Waals surface area (Å²) in [5, 5.41) is 21.3. The number of halogens is 4. The van der Waals surface area contributed by atoms with Gasteiger partial charge < -0.3 is 14.6 Å². The first-order chi connectivity index (χ1) is 18.9. The number of hydrogen-bond acceptors (Lipinski definition) is 7. The van der Waals surface area contributed by atoms with Gasteiger partial charge in [-0.3, -0.25) is 9.59 Å². The molecule has 0 radical (unpaired) electrons. The van der Waals surface area contributed by atoms with E-state index in [0.29, 0.717) is 34.3 Å². The summed E-state index contributed by atoms with van der Waals surface area (Å²) in [6, 6.07) is 12.9. The van der Waals surface area contributed by atoms with Gasteiger partial charge in [-0.05, 0) is 25.1 Å². The molecule has 8 nitrogen and oxygen atoms in total. The molecule has 0 spiro atoms. The number of aliphatic hydroxyl groups excluding tert-OH is 1. The number of anilines is 1. The lowest BCUT2D eigenvalue weighted by molar-refractivity contribution is -0.138. The minimum atomic E-state index is -4.62. The van der Waals surface area contributed by atoms with Crippen molar-refractivity contribution in [3.05, 3.63) is 64.8 Å².